The molecular weight excluding hydrogens is 250 g/mol. The van der Waals surface area contributed by atoms with Crippen molar-refractivity contribution in [3.05, 3.63) is 34.3 Å². The van der Waals surface area contributed by atoms with Crippen molar-refractivity contribution in [2.75, 3.05) is 0 Å². The standard InChI is InChI=1S/C14H16ClNO2/c1-5-11-7-6-10(8-12(11)15)9-16-13(17)18-14(2,3)4/h1,6-8H,9H2,2-4H3,(H,16,17). The third kappa shape index (κ3) is 4.68. The number of hydrogen-bond acceptors (Lipinski definition) is 2. The smallest absolute Gasteiger partial charge is 0.407 e. The zero-order chi connectivity index (χ0) is 13.8. The third-order valence-corrected chi connectivity index (χ3v) is 2.34. The Labute approximate surface area is 112 Å². The Bertz CT molecular complexity index is 484. The van der Waals surface area contributed by atoms with Crippen molar-refractivity contribution >= 4 is 17.7 Å². The fourth-order valence-electron chi connectivity index (χ4n) is 1.27. The van der Waals surface area contributed by atoms with Crippen LogP contribution >= 0.6 is 11.6 Å². The van der Waals surface area contributed by atoms with Gasteiger partial charge in [0.15, 0.2) is 0 Å². The minimum Gasteiger partial charge on any atom is -0.444 e. The van der Waals surface area contributed by atoms with E-state index in [-0.39, 0.29) is 0 Å². The van der Waals surface area contributed by atoms with E-state index in [1.165, 1.54) is 0 Å². The summed E-state index contributed by atoms with van der Waals surface area (Å²) in [6.07, 6.45) is 4.81. The number of nitrogens with one attached hydrogen (secondary N) is 1. The van der Waals surface area contributed by atoms with E-state index >= 15 is 0 Å². The molecule has 0 spiro atoms. The van der Waals surface area contributed by atoms with Crippen LogP contribution in [-0.2, 0) is 11.3 Å². The van der Waals surface area contributed by atoms with Crippen LogP contribution in [-0.4, -0.2) is 11.7 Å². The Balaban J connectivity index is 2.57. The molecule has 0 radical (unpaired) electrons. The molecule has 0 aromatic heterocycles. The van der Waals surface area contributed by atoms with Crippen LogP contribution in [0.15, 0.2) is 18.2 Å². The molecule has 1 aromatic carbocycles. The number of benzene rings is 1. The minimum absolute atomic E-state index is 0.347. The second kappa shape index (κ2) is 5.79. The number of alkyl carbamates (subject to hydrolysis) is 1. The summed E-state index contributed by atoms with van der Waals surface area (Å²) in [5.41, 5.74) is 0.997. The number of terminal acetylenes is 1. The van der Waals surface area contributed by atoms with Gasteiger partial charge in [-0.05, 0) is 38.5 Å². The number of hydrogen-bond donors (Lipinski definition) is 1. The zero-order valence-corrected chi connectivity index (χ0v) is 11.5. The Morgan fingerprint density at radius 1 is 1.50 bits per heavy atom. The van der Waals surface area contributed by atoms with Crippen molar-refractivity contribution in [3.63, 3.8) is 0 Å². The summed E-state index contributed by atoms with van der Waals surface area (Å²) < 4.78 is 5.12. The maximum atomic E-state index is 11.4. The molecule has 1 amide bonds. The summed E-state index contributed by atoms with van der Waals surface area (Å²) >= 11 is 5.96. The molecule has 0 aliphatic carbocycles. The van der Waals surface area contributed by atoms with Gasteiger partial charge < -0.3 is 10.1 Å². The van der Waals surface area contributed by atoms with Crippen molar-refractivity contribution < 1.29 is 9.53 Å². The first-order valence-electron chi connectivity index (χ1n) is 5.54. The number of rotatable bonds is 2. The lowest BCUT2D eigenvalue weighted by atomic mass is 10.1. The molecule has 1 aromatic rings. The monoisotopic (exact) mass is 265 g/mol. The third-order valence-electron chi connectivity index (χ3n) is 2.02. The van der Waals surface area contributed by atoms with E-state index in [1.54, 1.807) is 12.1 Å². The average Bonchev–Trinajstić information content (AvgIpc) is 2.24. The summed E-state index contributed by atoms with van der Waals surface area (Å²) in [4.78, 5) is 11.4. The number of halogens is 1. The SMILES string of the molecule is C#Cc1ccc(CNC(=O)OC(C)(C)C)cc1Cl. The van der Waals surface area contributed by atoms with Crippen LogP contribution in [0.5, 0.6) is 0 Å². The van der Waals surface area contributed by atoms with Gasteiger partial charge in [-0.25, -0.2) is 4.79 Å². The van der Waals surface area contributed by atoms with Crippen LogP contribution in [0.1, 0.15) is 31.9 Å². The van der Waals surface area contributed by atoms with Gasteiger partial charge in [0.2, 0.25) is 0 Å². The van der Waals surface area contributed by atoms with E-state index in [0.29, 0.717) is 17.1 Å². The van der Waals surface area contributed by atoms with Gasteiger partial charge in [-0.1, -0.05) is 23.6 Å². The first kappa shape index (κ1) is 14.4. The highest BCUT2D eigenvalue weighted by atomic mass is 35.5. The fourth-order valence-corrected chi connectivity index (χ4v) is 1.53. The Kier molecular flexibility index (Phi) is 4.63. The molecule has 1 N–H and O–H groups in total. The molecule has 18 heavy (non-hydrogen) atoms. The maximum Gasteiger partial charge on any atom is 0.407 e. The van der Waals surface area contributed by atoms with Gasteiger partial charge in [-0.15, -0.1) is 6.42 Å². The van der Waals surface area contributed by atoms with Crippen LogP contribution in [0.25, 0.3) is 0 Å². The molecule has 0 aliphatic heterocycles. The van der Waals surface area contributed by atoms with Gasteiger partial charge in [-0.3, -0.25) is 0 Å². The molecule has 0 atom stereocenters. The summed E-state index contributed by atoms with van der Waals surface area (Å²) in [6, 6.07) is 5.29. The Hall–Kier alpha value is -1.66. The van der Waals surface area contributed by atoms with Gasteiger partial charge in [0, 0.05) is 12.1 Å². The van der Waals surface area contributed by atoms with Gasteiger partial charge in [0.25, 0.3) is 0 Å². The summed E-state index contributed by atoms with van der Waals surface area (Å²) in [6.45, 7) is 5.78. The van der Waals surface area contributed by atoms with E-state index < -0.39 is 11.7 Å². The van der Waals surface area contributed by atoms with Gasteiger partial charge >= 0.3 is 6.09 Å². The summed E-state index contributed by atoms with van der Waals surface area (Å²) in [5.74, 6) is 2.47. The Morgan fingerprint density at radius 3 is 2.67 bits per heavy atom. The first-order chi connectivity index (χ1) is 8.31. The van der Waals surface area contributed by atoms with Crippen molar-refractivity contribution in [1.82, 2.24) is 5.32 Å². The fraction of sp³-hybridized carbons (Fsp3) is 0.357. The van der Waals surface area contributed by atoms with E-state index in [4.69, 9.17) is 22.8 Å². The van der Waals surface area contributed by atoms with Crippen LogP contribution < -0.4 is 5.32 Å². The number of carbonyl (C=O) groups is 1. The molecule has 1 rings (SSSR count). The molecule has 0 unspecified atom stereocenters. The topological polar surface area (TPSA) is 38.3 Å². The lowest BCUT2D eigenvalue weighted by Crippen LogP contribution is -2.32. The molecule has 0 saturated carbocycles. The lowest BCUT2D eigenvalue weighted by Gasteiger charge is -2.19. The second-order valence-corrected chi connectivity index (χ2v) is 5.22. The quantitative estimate of drug-likeness (QED) is 0.833. The van der Waals surface area contributed by atoms with E-state index in [1.807, 2.05) is 26.8 Å². The minimum atomic E-state index is -0.505. The summed E-state index contributed by atoms with van der Waals surface area (Å²) in [5, 5.41) is 3.15. The summed E-state index contributed by atoms with van der Waals surface area (Å²) in [7, 11) is 0. The normalized spacial score (nSPS) is 10.6. The molecule has 0 aliphatic rings. The molecule has 0 saturated heterocycles. The van der Waals surface area contributed by atoms with Crippen molar-refractivity contribution in [1.29, 1.82) is 0 Å². The van der Waals surface area contributed by atoms with Crippen LogP contribution in [0.3, 0.4) is 0 Å². The zero-order valence-electron chi connectivity index (χ0n) is 10.7. The molecule has 4 heteroatoms. The molecular formula is C14H16ClNO2. The van der Waals surface area contributed by atoms with E-state index in [0.717, 1.165) is 5.56 Å². The van der Waals surface area contributed by atoms with Gasteiger partial charge in [0.1, 0.15) is 5.60 Å². The molecule has 0 bridgehead atoms. The average molecular weight is 266 g/mol. The second-order valence-electron chi connectivity index (χ2n) is 4.81. The molecule has 0 fully saturated rings. The Morgan fingerprint density at radius 2 is 2.17 bits per heavy atom. The predicted molar refractivity (Wildman–Crippen MR) is 72.5 cm³/mol. The number of carbonyl (C=O) groups excluding carboxylic acids is 1. The van der Waals surface area contributed by atoms with Crippen LogP contribution in [0.2, 0.25) is 5.02 Å². The van der Waals surface area contributed by atoms with Crippen molar-refractivity contribution in [3.8, 4) is 12.3 Å². The van der Waals surface area contributed by atoms with Crippen LogP contribution in [0.4, 0.5) is 4.79 Å². The molecule has 3 nitrogen and oxygen atoms in total. The number of ether oxygens (including phenoxy) is 1. The van der Waals surface area contributed by atoms with E-state index in [9.17, 15) is 4.79 Å². The van der Waals surface area contributed by atoms with Crippen molar-refractivity contribution in [2.45, 2.75) is 32.9 Å². The molecule has 96 valence electrons. The largest absolute Gasteiger partial charge is 0.444 e. The van der Waals surface area contributed by atoms with E-state index in [2.05, 4.69) is 11.2 Å². The highest BCUT2D eigenvalue weighted by molar-refractivity contribution is 6.31. The number of amides is 1. The highest BCUT2D eigenvalue weighted by Gasteiger charge is 2.15. The van der Waals surface area contributed by atoms with Crippen LogP contribution in [0, 0.1) is 12.3 Å². The lowest BCUT2D eigenvalue weighted by molar-refractivity contribution is 0.0523. The van der Waals surface area contributed by atoms with Crippen molar-refractivity contribution in [2.24, 2.45) is 0 Å². The first-order valence-corrected chi connectivity index (χ1v) is 5.91. The van der Waals surface area contributed by atoms with Gasteiger partial charge in [-0.2, -0.15) is 0 Å². The molecule has 0 heterocycles. The van der Waals surface area contributed by atoms with Gasteiger partial charge in [0.05, 0.1) is 5.02 Å². The predicted octanol–water partition coefficient (Wildman–Crippen LogP) is 3.35. The maximum absolute atomic E-state index is 11.4. The highest BCUT2D eigenvalue weighted by Crippen LogP contribution is 2.17.